The lowest BCUT2D eigenvalue weighted by Crippen LogP contribution is -2.26. The van der Waals surface area contributed by atoms with Crippen LogP contribution in [0.3, 0.4) is 0 Å². The monoisotopic (exact) mass is 522 g/mol. The van der Waals surface area contributed by atoms with Crippen molar-refractivity contribution in [1.29, 1.82) is 0 Å². The number of rotatable bonds is 7. The second kappa shape index (κ2) is 11.3. The van der Waals surface area contributed by atoms with E-state index in [0.717, 1.165) is 28.9 Å². The van der Waals surface area contributed by atoms with Gasteiger partial charge in [-0.3, -0.25) is 9.36 Å². The molecule has 38 heavy (non-hydrogen) atoms. The summed E-state index contributed by atoms with van der Waals surface area (Å²) >= 11 is 6.36. The fourth-order valence-electron chi connectivity index (χ4n) is 4.40. The highest BCUT2D eigenvalue weighted by atomic mass is 35.5. The van der Waals surface area contributed by atoms with E-state index in [1.807, 2.05) is 66.7 Å². The van der Waals surface area contributed by atoms with Gasteiger partial charge in [0.15, 0.2) is 0 Å². The number of hydrogen-bond acceptors (Lipinski definition) is 3. The van der Waals surface area contributed by atoms with Crippen LogP contribution < -0.4 is 16.2 Å². The number of carbonyl (C=O) groups excluding carboxylic acids is 1. The molecule has 4 aromatic carbocycles. The van der Waals surface area contributed by atoms with Gasteiger partial charge in [0.05, 0.1) is 17.4 Å². The van der Waals surface area contributed by atoms with E-state index < -0.39 is 0 Å². The SMILES string of the molecule is CCCc1nc2ccc(NC(=O)Nc3ccccc3)cc2c(=O)n1Cc1ccc(-c2ccccc2Cl)cc1. The van der Waals surface area contributed by atoms with Gasteiger partial charge in [-0.15, -0.1) is 0 Å². The van der Waals surface area contributed by atoms with E-state index in [9.17, 15) is 9.59 Å². The third-order valence-electron chi connectivity index (χ3n) is 6.28. The molecule has 0 radical (unpaired) electrons. The molecule has 0 saturated heterocycles. The van der Waals surface area contributed by atoms with Crippen LogP contribution >= 0.6 is 11.6 Å². The van der Waals surface area contributed by atoms with Gasteiger partial charge in [-0.25, -0.2) is 9.78 Å². The van der Waals surface area contributed by atoms with Crippen molar-refractivity contribution in [2.75, 3.05) is 10.6 Å². The van der Waals surface area contributed by atoms with Crippen molar-refractivity contribution in [2.24, 2.45) is 0 Å². The van der Waals surface area contributed by atoms with Crippen LogP contribution in [0.1, 0.15) is 24.7 Å². The van der Waals surface area contributed by atoms with E-state index in [4.69, 9.17) is 16.6 Å². The molecule has 2 N–H and O–H groups in total. The number of urea groups is 1. The lowest BCUT2D eigenvalue weighted by atomic mass is 10.0. The zero-order valence-corrected chi connectivity index (χ0v) is 21.7. The van der Waals surface area contributed by atoms with Crippen LogP contribution in [0.5, 0.6) is 0 Å². The number of amides is 2. The summed E-state index contributed by atoms with van der Waals surface area (Å²) in [6.45, 7) is 2.46. The Balaban J connectivity index is 1.43. The first-order valence-corrected chi connectivity index (χ1v) is 12.9. The van der Waals surface area contributed by atoms with E-state index >= 15 is 0 Å². The maximum atomic E-state index is 13.7. The molecule has 0 aliphatic heterocycles. The largest absolute Gasteiger partial charge is 0.323 e. The summed E-state index contributed by atoms with van der Waals surface area (Å²) < 4.78 is 1.73. The molecule has 0 spiro atoms. The minimum Gasteiger partial charge on any atom is -0.308 e. The molecule has 2 amide bonds. The van der Waals surface area contributed by atoms with Gasteiger partial charge in [0.2, 0.25) is 0 Å². The maximum Gasteiger partial charge on any atom is 0.323 e. The molecule has 0 atom stereocenters. The van der Waals surface area contributed by atoms with Crippen LogP contribution in [0.15, 0.2) is 102 Å². The Labute approximate surface area is 225 Å². The minimum atomic E-state index is -0.384. The van der Waals surface area contributed by atoms with Crippen molar-refractivity contribution < 1.29 is 4.79 Å². The maximum absolute atomic E-state index is 13.7. The summed E-state index contributed by atoms with van der Waals surface area (Å²) in [7, 11) is 0. The Bertz CT molecular complexity index is 1650. The van der Waals surface area contributed by atoms with Gasteiger partial charge in [-0.2, -0.15) is 0 Å². The first-order valence-electron chi connectivity index (χ1n) is 12.5. The van der Waals surface area contributed by atoms with Crippen LogP contribution in [0.4, 0.5) is 16.2 Å². The molecule has 0 fully saturated rings. The normalized spacial score (nSPS) is 10.9. The molecule has 1 heterocycles. The summed E-state index contributed by atoms with van der Waals surface area (Å²) in [4.78, 5) is 30.9. The highest BCUT2D eigenvalue weighted by molar-refractivity contribution is 6.33. The Hall–Kier alpha value is -4.42. The summed E-state index contributed by atoms with van der Waals surface area (Å²) in [5.74, 6) is 0.739. The number of fused-ring (bicyclic) bond motifs is 1. The molecule has 0 aliphatic carbocycles. The fraction of sp³-hybridized carbons (Fsp3) is 0.129. The Morgan fingerprint density at radius 1 is 0.868 bits per heavy atom. The first kappa shape index (κ1) is 25.2. The predicted molar refractivity (Wildman–Crippen MR) is 155 cm³/mol. The fourth-order valence-corrected chi connectivity index (χ4v) is 4.65. The third kappa shape index (κ3) is 5.61. The number of anilines is 2. The van der Waals surface area contributed by atoms with Gasteiger partial charge < -0.3 is 10.6 Å². The van der Waals surface area contributed by atoms with Crippen molar-refractivity contribution in [3.63, 3.8) is 0 Å². The van der Waals surface area contributed by atoms with E-state index in [0.29, 0.717) is 40.3 Å². The molecule has 7 heteroatoms. The molecule has 6 nitrogen and oxygen atoms in total. The Morgan fingerprint density at radius 2 is 1.58 bits per heavy atom. The molecule has 1 aromatic heterocycles. The van der Waals surface area contributed by atoms with Gasteiger partial charge in [0.25, 0.3) is 5.56 Å². The molecule has 190 valence electrons. The van der Waals surface area contributed by atoms with Crippen LogP contribution in [0.25, 0.3) is 22.0 Å². The first-order chi connectivity index (χ1) is 18.5. The van der Waals surface area contributed by atoms with Crippen molar-refractivity contribution in [3.8, 4) is 11.1 Å². The number of aromatic nitrogens is 2. The van der Waals surface area contributed by atoms with E-state index in [-0.39, 0.29) is 11.6 Å². The van der Waals surface area contributed by atoms with Gasteiger partial charge in [0.1, 0.15) is 5.82 Å². The number of nitrogens with zero attached hydrogens (tertiary/aromatic N) is 2. The second-order valence-electron chi connectivity index (χ2n) is 9.02. The van der Waals surface area contributed by atoms with E-state index in [1.54, 1.807) is 34.9 Å². The third-order valence-corrected chi connectivity index (χ3v) is 6.61. The second-order valence-corrected chi connectivity index (χ2v) is 9.43. The summed E-state index contributed by atoms with van der Waals surface area (Å²) in [6.07, 6.45) is 1.55. The van der Waals surface area contributed by atoms with Crippen LogP contribution in [-0.2, 0) is 13.0 Å². The van der Waals surface area contributed by atoms with Gasteiger partial charge in [0, 0.05) is 28.4 Å². The topological polar surface area (TPSA) is 76.0 Å². The Kier molecular flexibility index (Phi) is 7.52. The van der Waals surface area contributed by atoms with Crippen molar-refractivity contribution in [1.82, 2.24) is 9.55 Å². The lowest BCUT2D eigenvalue weighted by molar-refractivity contribution is 0.262. The van der Waals surface area contributed by atoms with Crippen molar-refractivity contribution in [3.05, 3.63) is 124 Å². The van der Waals surface area contributed by atoms with Crippen molar-refractivity contribution in [2.45, 2.75) is 26.3 Å². The number of para-hydroxylation sites is 1. The standard InChI is InChI=1S/C31H27ClN4O2/c1-2-8-29-35-28-18-17-24(34-31(38)33-23-9-4-3-5-10-23)19-26(28)30(37)36(29)20-21-13-15-22(16-14-21)25-11-6-7-12-27(25)32/h3-7,9-19H,2,8,20H2,1H3,(H2,33,34,38). The minimum absolute atomic E-state index is 0.138. The number of aryl methyl sites for hydroxylation is 1. The average Bonchev–Trinajstić information content (AvgIpc) is 2.92. The number of carbonyl (C=O) groups is 1. The summed E-state index contributed by atoms with van der Waals surface area (Å²) in [5.41, 5.74) is 4.63. The Morgan fingerprint density at radius 3 is 2.32 bits per heavy atom. The molecular weight excluding hydrogens is 496 g/mol. The van der Waals surface area contributed by atoms with Gasteiger partial charge in [-0.05, 0) is 53.9 Å². The van der Waals surface area contributed by atoms with E-state index in [1.165, 1.54) is 0 Å². The number of halogens is 1. The number of nitrogens with one attached hydrogen (secondary N) is 2. The van der Waals surface area contributed by atoms with Crippen molar-refractivity contribution >= 4 is 39.9 Å². The molecular formula is C31H27ClN4O2. The molecule has 5 aromatic rings. The lowest BCUT2D eigenvalue weighted by Gasteiger charge is -2.15. The molecule has 0 unspecified atom stereocenters. The highest BCUT2D eigenvalue weighted by Crippen LogP contribution is 2.28. The highest BCUT2D eigenvalue weighted by Gasteiger charge is 2.13. The predicted octanol–water partition coefficient (Wildman–Crippen LogP) is 7.36. The van der Waals surface area contributed by atoms with Gasteiger partial charge in [-0.1, -0.05) is 79.2 Å². The number of benzene rings is 4. The molecule has 0 bridgehead atoms. The zero-order valence-electron chi connectivity index (χ0n) is 20.9. The van der Waals surface area contributed by atoms with E-state index in [2.05, 4.69) is 17.6 Å². The molecule has 0 saturated carbocycles. The smallest absolute Gasteiger partial charge is 0.308 e. The quantitative estimate of drug-likeness (QED) is 0.234. The van der Waals surface area contributed by atoms with Gasteiger partial charge >= 0.3 is 6.03 Å². The zero-order chi connectivity index (χ0) is 26.5. The number of hydrogen-bond donors (Lipinski definition) is 2. The van der Waals surface area contributed by atoms with Crippen LogP contribution in [-0.4, -0.2) is 15.6 Å². The summed E-state index contributed by atoms with van der Waals surface area (Å²) in [5, 5.41) is 6.74. The van der Waals surface area contributed by atoms with Crippen LogP contribution in [0, 0.1) is 0 Å². The molecule has 5 rings (SSSR count). The van der Waals surface area contributed by atoms with Crippen LogP contribution in [0.2, 0.25) is 5.02 Å². The average molecular weight is 523 g/mol. The molecule has 0 aliphatic rings. The summed E-state index contributed by atoms with van der Waals surface area (Å²) in [6, 6.07) is 29.8.